The van der Waals surface area contributed by atoms with Crippen LogP contribution in [0.1, 0.15) is 13.8 Å². The summed E-state index contributed by atoms with van der Waals surface area (Å²) >= 11 is 1.25. The van der Waals surface area contributed by atoms with E-state index in [0.29, 0.717) is 5.75 Å². The Kier molecular flexibility index (Phi) is 6.23. The lowest BCUT2D eigenvalue weighted by atomic mass is 10.4. The molecule has 0 amide bonds. The molecule has 0 saturated heterocycles. The minimum absolute atomic E-state index is 0.0711. The first-order valence-electron chi connectivity index (χ1n) is 4.55. The molecule has 0 radical (unpaired) electrons. The van der Waals surface area contributed by atoms with Gasteiger partial charge in [0.2, 0.25) is 0 Å². The Morgan fingerprint density at radius 2 is 2.00 bits per heavy atom. The highest BCUT2D eigenvalue weighted by atomic mass is 32.2. The number of rotatable bonds is 7. The molecule has 0 spiro atoms. The van der Waals surface area contributed by atoms with Crippen LogP contribution in [0.3, 0.4) is 0 Å². The van der Waals surface area contributed by atoms with E-state index < -0.39 is 21.8 Å². The first-order valence-corrected chi connectivity index (χ1v) is 7.42. The number of thioether (sulfide) groups is 1. The van der Waals surface area contributed by atoms with Crippen LogP contribution in [-0.2, 0) is 14.6 Å². The van der Waals surface area contributed by atoms with Crippen LogP contribution in [-0.4, -0.2) is 48.0 Å². The molecule has 0 saturated carbocycles. The minimum Gasteiger partial charge on any atom is -0.480 e. The van der Waals surface area contributed by atoms with Crippen LogP contribution in [0.2, 0.25) is 0 Å². The van der Waals surface area contributed by atoms with Gasteiger partial charge in [0.05, 0.1) is 11.0 Å². The molecule has 0 aromatic carbocycles. The number of carboxylic acids is 1. The van der Waals surface area contributed by atoms with Crippen molar-refractivity contribution in [2.24, 2.45) is 5.73 Å². The molecule has 90 valence electrons. The number of sulfone groups is 1. The predicted octanol–water partition coefficient (Wildman–Crippen LogP) is -0.0453. The van der Waals surface area contributed by atoms with Gasteiger partial charge in [-0.25, -0.2) is 8.42 Å². The van der Waals surface area contributed by atoms with Crippen LogP contribution >= 0.6 is 11.8 Å². The van der Waals surface area contributed by atoms with Crippen LogP contribution in [0, 0.1) is 0 Å². The first kappa shape index (κ1) is 14.7. The van der Waals surface area contributed by atoms with Crippen molar-refractivity contribution in [3.63, 3.8) is 0 Å². The van der Waals surface area contributed by atoms with E-state index in [-0.39, 0.29) is 16.8 Å². The monoisotopic (exact) mass is 255 g/mol. The summed E-state index contributed by atoms with van der Waals surface area (Å²) < 4.78 is 22.7. The van der Waals surface area contributed by atoms with E-state index in [1.54, 1.807) is 13.8 Å². The van der Waals surface area contributed by atoms with Gasteiger partial charge in [-0.15, -0.1) is 0 Å². The first-order chi connectivity index (χ1) is 6.77. The molecule has 0 aliphatic heterocycles. The third-order valence-corrected chi connectivity index (χ3v) is 5.40. The summed E-state index contributed by atoms with van der Waals surface area (Å²) in [6.07, 6.45) is 0. The van der Waals surface area contributed by atoms with Gasteiger partial charge < -0.3 is 10.8 Å². The highest BCUT2D eigenvalue weighted by molar-refractivity contribution is 8.00. The number of hydrogen-bond donors (Lipinski definition) is 2. The molecule has 0 aliphatic rings. The Morgan fingerprint density at radius 3 is 2.40 bits per heavy atom. The molecule has 0 rings (SSSR count). The summed E-state index contributed by atoms with van der Waals surface area (Å²) in [7, 11) is -3.03. The molecule has 3 N–H and O–H groups in total. The van der Waals surface area contributed by atoms with E-state index in [4.69, 9.17) is 10.8 Å². The van der Waals surface area contributed by atoms with Gasteiger partial charge in [-0.05, 0) is 13.8 Å². The largest absolute Gasteiger partial charge is 0.480 e. The van der Waals surface area contributed by atoms with Gasteiger partial charge in [0.25, 0.3) is 0 Å². The van der Waals surface area contributed by atoms with E-state index >= 15 is 0 Å². The normalized spacial score (nSPS) is 14.1. The van der Waals surface area contributed by atoms with E-state index in [2.05, 4.69) is 0 Å². The molecule has 0 heterocycles. The summed E-state index contributed by atoms with van der Waals surface area (Å²) in [6.45, 7) is 3.26. The third-order valence-electron chi connectivity index (χ3n) is 1.85. The fourth-order valence-corrected chi connectivity index (χ4v) is 3.13. The van der Waals surface area contributed by atoms with Gasteiger partial charge in [0.15, 0.2) is 9.84 Å². The quantitative estimate of drug-likeness (QED) is 0.619. The second-order valence-corrected chi connectivity index (χ2v) is 7.26. The Morgan fingerprint density at radius 1 is 1.47 bits per heavy atom. The number of carboxylic acid groups (broad SMARTS) is 1. The zero-order chi connectivity index (χ0) is 12.1. The van der Waals surface area contributed by atoms with E-state index in [9.17, 15) is 13.2 Å². The minimum atomic E-state index is -3.03. The molecule has 0 unspecified atom stereocenters. The van der Waals surface area contributed by atoms with Gasteiger partial charge >= 0.3 is 5.97 Å². The maximum absolute atomic E-state index is 11.3. The fourth-order valence-electron chi connectivity index (χ4n) is 0.692. The van der Waals surface area contributed by atoms with Crippen LogP contribution < -0.4 is 5.73 Å². The van der Waals surface area contributed by atoms with Crippen molar-refractivity contribution in [1.29, 1.82) is 0 Å². The topological polar surface area (TPSA) is 97.5 Å². The fraction of sp³-hybridized carbons (Fsp3) is 0.875. The van der Waals surface area contributed by atoms with E-state index in [1.165, 1.54) is 11.8 Å². The molecule has 0 aromatic heterocycles. The highest BCUT2D eigenvalue weighted by Crippen LogP contribution is 2.07. The summed E-state index contributed by atoms with van der Waals surface area (Å²) in [6, 6.07) is -0.920. The van der Waals surface area contributed by atoms with Gasteiger partial charge in [-0.3, -0.25) is 4.79 Å². The Bertz CT molecular complexity index is 300. The standard InChI is InChI=1S/C8H17NO4S2/c1-6(2)15(12,13)4-3-14-5-7(9)8(10)11/h6-7H,3-5,9H2,1-2H3,(H,10,11)/t7-/m0/s1. The van der Waals surface area contributed by atoms with E-state index in [0.717, 1.165) is 0 Å². The van der Waals surface area contributed by atoms with Gasteiger partial charge in [0, 0.05) is 11.5 Å². The molecule has 15 heavy (non-hydrogen) atoms. The van der Waals surface area contributed by atoms with Crippen molar-refractivity contribution < 1.29 is 18.3 Å². The van der Waals surface area contributed by atoms with Gasteiger partial charge in [0.1, 0.15) is 6.04 Å². The molecule has 0 aromatic rings. The molecule has 0 bridgehead atoms. The molecule has 5 nitrogen and oxygen atoms in total. The SMILES string of the molecule is CC(C)S(=O)(=O)CCSC[C@H](N)C(=O)O. The lowest BCUT2D eigenvalue weighted by molar-refractivity contribution is -0.137. The Hall–Kier alpha value is -0.270. The van der Waals surface area contributed by atoms with Crippen LogP contribution in [0.5, 0.6) is 0 Å². The summed E-state index contributed by atoms with van der Waals surface area (Å²) in [5.74, 6) is -0.360. The van der Waals surface area contributed by atoms with Crippen molar-refractivity contribution in [2.45, 2.75) is 25.1 Å². The lowest BCUT2D eigenvalue weighted by Crippen LogP contribution is -2.32. The zero-order valence-corrected chi connectivity index (χ0v) is 10.5. The summed E-state index contributed by atoms with van der Waals surface area (Å²) in [5, 5.41) is 8.09. The van der Waals surface area contributed by atoms with Gasteiger partial charge in [-0.1, -0.05) is 0 Å². The maximum atomic E-state index is 11.3. The van der Waals surface area contributed by atoms with Crippen molar-refractivity contribution in [1.82, 2.24) is 0 Å². The smallest absolute Gasteiger partial charge is 0.321 e. The van der Waals surface area contributed by atoms with Crippen LogP contribution in [0.15, 0.2) is 0 Å². The summed E-state index contributed by atoms with van der Waals surface area (Å²) in [5.41, 5.74) is 5.26. The second kappa shape index (κ2) is 6.34. The van der Waals surface area contributed by atoms with Crippen molar-refractivity contribution in [3.8, 4) is 0 Å². The average molecular weight is 255 g/mol. The van der Waals surface area contributed by atoms with Crippen molar-refractivity contribution >= 4 is 27.6 Å². The summed E-state index contributed by atoms with van der Waals surface area (Å²) in [4.78, 5) is 10.3. The maximum Gasteiger partial charge on any atom is 0.321 e. The number of carbonyl (C=O) groups is 1. The molecular formula is C8H17NO4S2. The predicted molar refractivity (Wildman–Crippen MR) is 61.9 cm³/mol. The molecular weight excluding hydrogens is 238 g/mol. The lowest BCUT2D eigenvalue weighted by Gasteiger charge is -2.08. The Labute approximate surface area is 94.3 Å². The molecule has 7 heteroatoms. The molecule has 1 atom stereocenters. The average Bonchev–Trinajstić information content (AvgIpc) is 2.11. The van der Waals surface area contributed by atoms with Crippen LogP contribution in [0.25, 0.3) is 0 Å². The van der Waals surface area contributed by atoms with E-state index in [1.807, 2.05) is 0 Å². The van der Waals surface area contributed by atoms with Gasteiger partial charge in [-0.2, -0.15) is 11.8 Å². The second-order valence-electron chi connectivity index (χ2n) is 3.44. The highest BCUT2D eigenvalue weighted by Gasteiger charge is 2.16. The molecule has 0 fully saturated rings. The number of aliphatic carboxylic acids is 1. The third kappa shape index (κ3) is 6.01. The number of nitrogens with two attached hydrogens (primary N) is 1. The molecule has 0 aliphatic carbocycles. The van der Waals surface area contributed by atoms with Crippen LogP contribution in [0.4, 0.5) is 0 Å². The van der Waals surface area contributed by atoms with Crippen molar-refractivity contribution in [3.05, 3.63) is 0 Å². The zero-order valence-electron chi connectivity index (χ0n) is 8.84. The van der Waals surface area contributed by atoms with Crippen molar-refractivity contribution in [2.75, 3.05) is 17.3 Å². The number of hydrogen-bond acceptors (Lipinski definition) is 5. The Balaban J connectivity index is 3.78.